The van der Waals surface area contributed by atoms with Crippen LogP contribution in [-0.4, -0.2) is 34.2 Å². The lowest BCUT2D eigenvalue weighted by Crippen LogP contribution is -2.06. The van der Waals surface area contributed by atoms with Crippen molar-refractivity contribution in [1.82, 2.24) is 0 Å². The van der Waals surface area contributed by atoms with Gasteiger partial charge in [-0.05, 0) is 48.7 Å². The molecule has 0 atom stereocenters. The molecule has 0 radical (unpaired) electrons. The highest BCUT2D eigenvalue weighted by atomic mass is 32.2. The predicted molar refractivity (Wildman–Crippen MR) is 79.7 cm³/mol. The van der Waals surface area contributed by atoms with Crippen molar-refractivity contribution < 1.29 is 5.11 Å². The van der Waals surface area contributed by atoms with Crippen LogP contribution in [0.5, 0.6) is 0 Å². The van der Waals surface area contributed by atoms with Crippen molar-refractivity contribution in [3.8, 4) is 0 Å². The molecule has 0 bridgehead atoms. The van der Waals surface area contributed by atoms with E-state index in [0.717, 1.165) is 12.8 Å². The number of aliphatic hydroxyl groups is 1. The van der Waals surface area contributed by atoms with Gasteiger partial charge in [0, 0.05) is 0 Å². The zero-order chi connectivity index (χ0) is 12.1. The van der Waals surface area contributed by atoms with E-state index >= 15 is 0 Å². The van der Waals surface area contributed by atoms with Gasteiger partial charge in [-0.15, -0.1) is 0 Å². The minimum atomic E-state index is -0.0433. The second kappa shape index (κ2) is 13.7. The summed E-state index contributed by atoms with van der Waals surface area (Å²) in [5.74, 6) is 4.96. The van der Waals surface area contributed by atoms with E-state index in [1.807, 2.05) is 23.5 Å². The Morgan fingerprint density at radius 1 is 0.812 bits per heavy atom. The van der Waals surface area contributed by atoms with Crippen molar-refractivity contribution in [1.29, 1.82) is 0 Å². The van der Waals surface area contributed by atoms with Crippen LogP contribution < -0.4 is 0 Å². The monoisotopic (exact) mass is 264 g/mol. The topological polar surface area (TPSA) is 20.2 Å². The predicted octanol–water partition coefficient (Wildman–Crippen LogP) is 4.19. The van der Waals surface area contributed by atoms with E-state index in [0.29, 0.717) is 0 Å². The molecule has 0 saturated heterocycles. The molecule has 0 fully saturated rings. The van der Waals surface area contributed by atoms with Crippen LogP contribution >= 0.6 is 23.5 Å². The van der Waals surface area contributed by atoms with Crippen molar-refractivity contribution >= 4 is 23.5 Å². The SMILES string of the molecule is CCSCCCCC(O)CCCCSCC. The quantitative estimate of drug-likeness (QED) is 0.534. The van der Waals surface area contributed by atoms with Gasteiger partial charge in [-0.2, -0.15) is 23.5 Å². The summed E-state index contributed by atoms with van der Waals surface area (Å²) in [4.78, 5) is 0. The van der Waals surface area contributed by atoms with E-state index in [9.17, 15) is 5.11 Å². The summed E-state index contributed by atoms with van der Waals surface area (Å²) in [6.07, 6.45) is 6.88. The van der Waals surface area contributed by atoms with E-state index in [-0.39, 0.29) is 6.10 Å². The highest BCUT2D eigenvalue weighted by molar-refractivity contribution is 7.99. The fourth-order valence-corrected chi connectivity index (χ4v) is 3.00. The van der Waals surface area contributed by atoms with Gasteiger partial charge < -0.3 is 5.11 Å². The molecule has 1 nitrogen and oxygen atoms in total. The van der Waals surface area contributed by atoms with Crippen LogP contribution in [-0.2, 0) is 0 Å². The molecule has 0 aliphatic rings. The molecule has 0 aromatic carbocycles. The summed E-state index contributed by atoms with van der Waals surface area (Å²) in [7, 11) is 0. The lowest BCUT2D eigenvalue weighted by molar-refractivity contribution is 0.149. The summed E-state index contributed by atoms with van der Waals surface area (Å²) in [5.41, 5.74) is 0. The van der Waals surface area contributed by atoms with Crippen molar-refractivity contribution in [2.45, 2.75) is 58.5 Å². The maximum absolute atomic E-state index is 9.75. The number of hydrogen-bond donors (Lipinski definition) is 1. The molecule has 98 valence electrons. The molecule has 0 spiro atoms. The molecule has 0 amide bonds. The highest BCUT2D eigenvalue weighted by Crippen LogP contribution is 2.12. The summed E-state index contributed by atoms with van der Waals surface area (Å²) < 4.78 is 0. The normalized spacial score (nSPS) is 11.2. The van der Waals surface area contributed by atoms with E-state index in [4.69, 9.17) is 0 Å². The molecule has 0 aromatic rings. The van der Waals surface area contributed by atoms with E-state index < -0.39 is 0 Å². The first-order chi connectivity index (χ1) is 7.81. The first kappa shape index (κ1) is 16.7. The third kappa shape index (κ3) is 12.7. The Morgan fingerprint density at radius 2 is 1.25 bits per heavy atom. The zero-order valence-electron chi connectivity index (χ0n) is 10.9. The van der Waals surface area contributed by atoms with Crippen molar-refractivity contribution in [2.75, 3.05) is 23.0 Å². The standard InChI is InChI=1S/C13H28OS2/c1-3-15-11-7-5-9-13(14)10-6-8-12-16-4-2/h13-14H,3-12H2,1-2H3. The lowest BCUT2D eigenvalue weighted by Gasteiger charge is -2.09. The van der Waals surface area contributed by atoms with E-state index in [2.05, 4.69) is 13.8 Å². The first-order valence-corrected chi connectivity index (χ1v) is 8.95. The van der Waals surface area contributed by atoms with Crippen LogP contribution in [0.25, 0.3) is 0 Å². The summed E-state index contributed by atoms with van der Waals surface area (Å²) in [6.45, 7) is 4.40. The van der Waals surface area contributed by atoms with Gasteiger partial charge in [-0.3, -0.25) is 0 Å². The number of aliphatic hydroxyl groups excluding tert-OH is 1. The molecule has 0 aliphatic heterocycles. The molecule has 0 aliphatic carbocycles. The van der Waals surface area contributed by atoms with Gasteiger partial charge in [-0.1, -0.05) is 26.7 Å². The number of hydrogen-bond acceptors (Lipinski definition) is 3. The summed E-state index contributed by atoms with van der Waals surface area (Å²) in [6, 6.07) is 0. The number of rotatable bonds is 12. The molecule has 0 unspecified atom stereocenters. The van der Waals surface area contributed by atoms with Crippen LogP contribution in [0, 0.1) is 0 Å². The van der Waals surface area contributed by atoms with Gasteiger partial charge in [-0.25, -0.2) is 0 Å². The van der Waals surface area contributed by atoms with Crippen molar-refractivity contribution in [3.63, 3.8) is 0 Å². The lowest BCUT2D eigenvalue weighted by atomic mass is 10.1. The second-order valence-electron chi connectivity index (χ2n) is 4.04. The average molecular weight is 264 g/mol. The molecular weight excluding hydrogens is 236 g/mol. The van der Waals surface area contributed by atoms with Gasteiger partial charge in [0.1, 0.15) is 0 Å². The smallest absolute Gasteiger partial charge is 0.0540 e. The van der Waals surface area contributed by atoms with E-state index in [1.54, 1.807) is 0 Å². The van der Waals surface area contributed by atoms with Gasteiger partial charge in [0.25, 0.3) is 0 Å². The first-order valence-electron chi connectivity index (χ1n) is 6.64. The molecule has 3 heteroatoms. The van der Waals surface area contributed by atoms with Crippen LogP contribution in [0.1, 0.15) is 52.4 Å². The maximum atomic E-state index is 9.75. The minimum absolute atomic E-state index is 0.0433. The number of unbranched alkanes of at least 4 members (excludes halogenated alkanes) is 2. The Balaban J connectivity index is 3.09. The number of thioether (sulfide) groups is 2. The van der Waals surface area contributed by atoms with Gasteiger partial charge in [0.2, 0.25) is 0 Å². The summed E-state index contributed by atoms with van der Waals surface area (Å²) in [5, 5.41) is 9.75. The fourth-order valence-electron chi connectivity index (χ4n) is 1.60. The van der Waals surface area contributed by atoms with E-state index in [1.165, 1.54) is 48.7 Å². The van der Waals surface area contributed by atoms with Crippen molar-refractivity contribution in [2.24, 2.45) is 0 Å². The molecule has 1 N–H and O–H groups in total. The molecule has 0 saturated carbocycles. The zero-order valence-corrected chi connectivity index (χ0v) is 12.5. The Bertz CT molecular complexity index is 117. The maximum Gasteiger partial charge on any atom is 0.0540 e. The Hall–Kier alpha value is 0.660. The van der Waals surface area contributed by atoms with Gasteiger partial charge in [0.05, 0.1) is 6.10 Å². The van der Waals surface area contributed by atoms with Crippen LogP contribution in [0.4, 0.5) is 0 Å². The Labute approximate surface area is 110 Å². The highest BCUT2D eigenvalue weighted by Gasteiger charge is 2.03. The van der Waals surface area contributed by atoms with Crippen LogP contribution in [0.15, 0.2) is 0 Å². The Morgan fingerprint density at radius 3 is 1.62 bits per heavy atom. The van der Waals surface area contributed by atoms with Gasteiger partial charge in [0.15, 0.2) is 0 Å². The minimum Gasteiger partial charge on any atom is -0.393 e. The third-order valence-electron chi connectivity index (χ3n) is 2.56. The average Bonchev–Trinajstić information content (AvgIpc) is 2.28. The molecular formula is C13H28OS2. The van der Waals surface area contributed by atoms with Crippen LogP contribution in [0.3, 0.4) is 0 Å². The van der Waals surface area contributed by atoms with Gasteiger partial charge >= 0.3 is 0 Å². The fraction of sp³-hybridized carbons (Fsp3) is 1.00. The molecule has 0 aromatic heterocycles. The second-order valence-corrected chi connectivity index (χ2v) is 6.83. The molecule has 0 heterocycles. The largest absolute Gasteiger partial charge is 0.393 e. The molecule has 16 heavy (non-hydrogen) atoms. The third-order valence-corrected chi connectivity index (χ3v) is 4.53. The summed E-state index contributed by atoms with van der Waals surface area (Å²) >= 11 is 4.00. The molecule has 0 rings (SSSR count). The Kier molecular flexibility index (Phi) is 14.3. The van der Waals surface area contributed by atoms with Crippen LogP contribution in [0.2, 0.25) is 0 Å². The van der Waals surface area contributed by atoms with Crippen molar-refractivity contribution in [3.05, 3.63) is 0 Å².